The van der Waals surface area contributed by atoms with Gasteiger partial charge < -0.3 is 9.47 Å². The molecule has 1 unspecified atom stereocenters. The summed E-state index contributed by atoms with van der Waals surface area (Å²) in [7, 11) is 0. The average Bonchev–Trinajstić information content (AvgIpc) is 2.76. The summed E-state index contributed by atoms with van der Waals surface area (Å²) in [5.41, 5.74) is 0.0656. The van der Waals surface area contributed by atoms with Gasteiger partial charge in [-0.05, 0) is 18.6 Å². The molecule has 3 nitrogen and oxygen atoms in total. The molecule has 0 amide bonds. The van der Waals surface area contributed by atoms with E-state index in [4.69, 9.17) is 9.47 Å². The summed E-state index contributed by atoms with van der Waals surface area (Å²) in [4.78, 5) is 11.7. The lowest BCUT2D eigenvalue weighted by Crippen LogP contribution is -2.35. The van der Waals surface area contributed by atoms with Crippen LogP contribution in [0.1, 0.15) is 12.5 Å². The van der Waals surface area contributed by atoms with Crippen molar-refractivity contribution in [3.8, 4) is 0 Å². The van der Waals surface area contributed by atoms with Crippen molar-refractivity contribution >= 4 is 5.97 Å². The number of benzene rings is 1. The van der Waals surface area contributed by atoms with Gasteiger partial charge in [-0.3, -0.25) is 0 Å². The molecule has 0 N–H and O–H groups in total. The minimum Gasteiger partial charge on any atom is -0.458 e. The third-order valence-corrected chi connectivity index (χ3v) is 2.53. The van der Waals surface area contributed by atoms with Crippen LogP contribution in [0.3, 0.4) is 0 Å². The van der Waals surface area contributed by atoms with E-state index in [2.05, 4.69) is 0 Å². The lowest BCUT2D eigenvalue weighted by atomic mass is 10.1. The predicted molar refractivity (Wildman–Crippen MR) is 59.7 cm³/mol. The van der Waals surface area contributed by atoms with E-state index in [0.717, 1.165) is 5.56 Å². The second kappa shape index (κ2) is 4.49. The molecule has 0 fully saturated rings. The molecule has 16 heavy (non-hydrogen) atoms. The second-order valence-electron chi connectivity index (χ2n) is 3.88. The predicted octanol–water partition coefficient (Wildman–Crippen LogP) is 2.07. The first-order chi connectivity index (χ1) is 7.71. The molecule has 1 aliphatic rings. The molecule has 0 spiro atoms. The lowest BCUT2D eigenvalue weighted by molar-refractivity contribution is -0.163. The van der Waals surface area contributed by atoms with Gasteiger partial charge >= 0.3 is 5.97 Å². The Balaban J connectivity index is 1.91. The molecule has 1 aliphatic heterocycles. The van der Waals surface area contributed by atoms with Gasteiger partial charge in [-0.1, -0.05) is 36.4 Å². The molecule has 0 radical (unpaired) electrons. The summed E-state index contributed by atoms with van der Waals surface area (Å²) in [6, 6.07) is 9.59. The molecular formula is C13H14O3. The van der Waals surface area contributed by atoms with Gasteiger partial charge in [-0.15, -0.1) is 0 Å². The molecule has 1 aromatic rings. The minimum atomic E-state index is -0.908. The van der Waals surface area contributed by atoms with Gasteiger partial charge in [-0.2, -0.15) is 0 Å². The molecule has 0 saturated carbocycles. The van der Waals surface area contributed by atoms with Gasteiger partial charge in [0.2, 0.25) is 0 Å². The first-order valence-electron chi connectivity index (χ1n) is 5.23. The standard InChI is InChI=1S/C13H14O3/c1-13(8-5-9-16-13)12(14)15-10-11-6-3-2-4-7-11/h2-8H,9-10H2,1H3. The van der Waals surface area contributed by atoms with Crippen molar-refractivity contribution in [3.63, 3.8) is 0 Å². The number of rotatable bonds is 3. The zero-order valence-corrected chi connectivity index (χ0v) is 9.18. The van der Waals surface area contributed by atoms with E-state index < -0.39 is 5.60 Å². The van der Waals surface area contributed by atoms with Crippen LogP contribution < -0.4 is 0 Å². The van der Waals surface area contributed by atoms with Gasteiger partial charge in [0.1, 0.15) is 6.61 Å². The van der Waals surface area contributed by atoms with E-state index in [-0.39, 0.29) is 12.6 Å². The number of carbonyl (C=O) groups excluding carboxylic acids is 1. The molecule has 0 aliphatic carbocycles. The van der Waals surface area contributed by atoms with Crippen molar-refractivity contribution in [2.45, 2.75) is 19.1 Å². The van der Waals surface area contributed by atoms with E-state index in [9.17, 15) is 4.79 Å². The number of carbonyl (C=O) groups is 1. The second-order valence-corrected chi connectivity index (χ2v) is 3.88. The quantitative estimate of drug-likeness (QED) is 0.575. The van der Waals surface area contributed by atoms with Crippen molar-refractivity contribution in [2.75, 3.05) is 6.61 Å². The Morgan fingerprint density at radius 2 is 2.19 bits per heavy atom. The summed E-state index contributed by atoms with van der Waals surface area (Å²) >= 11 is 0. The average molecular weight is 218 g/mol. The smallest absolute Gasteiger partial charge is 0.342 e. The van der Waals surface area contributed by atoms with Crippen LogP contribution in [0.5, 0.6) is 0 Å². The summed E-state index contributed by atoms with van der Waals surface area (Å²) < 4.78 is 10.5. The van der Waals surface area contributed by atoms with E-state index in [0.29, 0.717) is 6.61 Å². The van der Waals surface area contributed by atoms with Crippen LogP contribution in [-0.4, -0.2) is 18.2 Å². The molecule has 3 heteroatoms. The van der Waals surface area contributed by atoms with Crippen LogP contribution in [0.15, 0.2) is 42.5 Å². The van der Waals surface area contributed by atoms with Crippen molar-refractivity contribution in [1.29, 1.82) is 0 Å². The maximum absolute atomic E-state index is 11.7. The maximum Gasteiger partial charge on any atom is 0.342 e. The van der Waals surface area contributed by atoms with Crippen LogP contribution in [-0.2, 0) is 20.9 Å². The topological polar surface area (TPSA) is 35.5 Å². The minimum absolute atomic E-state index is 0.284. The van der Waals surface area contributed by atoms with Crippen molar-refractivity contribution in [3.05, 3.63) is 48.0 Å². The Morgan fingerprint density at radius 1 is 1.44 bits per heavy atom. The first kappa shape index (κ1) is 10.9. The molecule has 0 saturated heterocycles. The molecular weight excluding hydrogens is 204 g/mol. The lowest BCUT2D eigenvalue weighted by Gasteiger charge is -2.19. The highest BCUT2D eigenvalue weighted by Crippen LogP contribution is 2.20. The van der Waals surface area contributed by atoms with Crippen molar-refractivity contribution in [1.82, 2.24) is 0 Å². The van der Waals surface area contributed by atoms with E-state index in [1.807, 2.05) is 36.4 Å². The molecule has 84 valence electrons. The fraction of sp³-hybridized carbons (Fsp3) is 0.308. The largest absolute Gasteiger partial charge is 0.458 e. The highest BCUT2D eigenvalue weighted by molar-refractivity contribution is 5.82. The van der Waals surface area contributed by atoms with E-state index in [1.54, 1.807) is 13.0 Å². The van der Waals surface area contributed by atoms with Crippen LogP contribution >= 0.6 is 0 Å². The fourth-order valence-corrected chi connectivity index (χ4v) is 1.54. The summed E-state index contributed by atoms with van der Waals surface area (Å²) in [5.74, 6) is -0.342. The summed E-state index contributed by atoms with van der Waals surface area (Å²) in [6.45, 7) is 2.47. The number of hydrogen-bond acceptors (Lipinski definition) is 3. The van der Waals surface area contributed by atoms with Crippen molar-refractivity contribution < 1.29 is 14.3 Å². The van der Waals surface area contributed by atoms with Gasteiger partial charge in [0, 0.05) is 0 Å². The number of esters is 1. The Kier molecular flexibility index (Phi) is 3.06. The van der Waals surface area contributed by atoms with Gasteiger partial charge in [-0.25, -0.2) is 4.79 Å². The van der Waals surface area contributed by atoms with Gasteiger partial charge in [0.05, 0.1) is 6.61 Å². The molecule has 2 rings (SSSR count). The third kappa shape index (κ3) is 2.31. The maximum atomic E-state index is 11.7. The fourth-order valence-electron chi connectivity index (χ4n) is 1.54. The van der Waals surface area contributed by atoms with Crippen LogP contribution in [0.25, 0.3) is 0 Å². The Labute approximate surface area is 94.7 Å². The molecule has 0 bridgehead atoms. The zero-order chi connectivity index (χ0) is 11.4. The Hall–Kier alpha value is -1.61. The number of ether oxygens (including phenoxy) is 2. The van der Waals surface area contributed by atoms with E-state index >= 15 is 0 Å². The normalized spacial score (nSPS) is 23.3. The zero-order valence-electron chi connectivity index (χ0n) is 9.18. The van der Waals surface area contributed by atoms with Crippen LogP contribution in [0.2, 0.25) is 0 Å². The highest BCUT2D eigenvalue weighted by Gasteiger charge is 2.35. The monoisotopic (exact) mass is 218 g/mol. The molecule has 1 heterocycles. The summed E-state index contributed by atoms with van der Waals surface area (Å²) in [5, 5.41) is 0. The Bertz CT molecular complexity index is 397. The van der Waals surface area contributed by atoms with E-state index in [1.165, 1.54) is 0 Å². The van der Waals surface area contributed by atoms with Crippen molar-refractivity contribution in [2.24, 2.45) is 0 Å². The number of hydrogen-bond donors (Lipinski definition) is 0. The first-order valence-corrected chi connectivity index (χ1v) is 5.23. The van der Waals surface area contributed by atoms with Gasteiger partial charge in [0.15, 0.2) is 5.60 Å². The van der Waals surface area contributed by atoms with Crippen LogP contribution in [0, 0.1) is 0 Å². The molecule has 1 aromatic carbocycles. The third-order valence-electron chi connectivity index (χ3n) is 2.53. The Morgan fingerprint density at radius 3 is 2.81 bits per heavy atom. The molecule has 1 atom stereocenters. The highest BCUT2D eigenvalue weighted by atomic mass is 16.6. The molecule has 0 aromatic heterocycles. The summed E-state index contributed by atoms with van der Waals surface area (Å²) in [6.07, 6.45) is 3.56. The van der Waals surface area contributed by atoms with Gasteiger partial charge in [0.25, 0.3) is 0 Å². The SMILES string of the molecule is CC1(C(=O)OCc2ccccc2)C=CCO1. The van der Waals surface area contributed by atoms with Crippen LogP contribution in [0.4, 0.5) is 0 Å².